The maximum atomic E-state index is 12.5. The van der Waals surface area contributed by atoms with Gasteiger partial charge in [-0.2, -0.15) is 0 Å². The lowest BCUT2D eigenvalue weighted by molar-refractivity contribution is -0.121. The van der Waals surface area contributed by atoms with Crippen molar-refractivity contribution in [3.05, 3.63) is 66.1 Å². The van der Waals surface area contributed by atoms with Crippen LogP contribution in [0.3, 0.4) is 0 Å². The predicted molar refractivity (Wildman–Crippen MR) is 102 cm³/mol. The van der Waals surface area contributed by atoms with Gasteiger partial charge in [0.2, 0.25) is 17.7 Å². The molecule has 1 fully saturated rings. The molecule has 2 heterocycles. The number of hydrogen-bond donors (Lipinski definition) is 0. The molecule has 4 rings (SSSR count). The van der Waals surface area contributed by atoms with Gasteiger partial charge in [0.1, 0.15) is 0 Å². The van der Waals surface area contributed by atoms with Crippen molar-refractivity contribution < 1.29 is 23.5 Å². The first-order chi connectivity index (χ1) is 14.0. The summed E-state index contributed by atoms with van der Waals surface area (Å²) in [5.74, 6) is -0.700. The number of imide groups is 1. The van der Waals surface area contributed by atoms with Crippen LogP contribution >= 0.6 is 0 Å². The van der Waals surface area contributed by atoms with E-state index in [4.69, 9.17) is 9.15 Å². The summed E-state index contributed by atoms with van der Waals surface area (Å²) in [6, 6.07) is 15.5. The van der Waals surface area contributed by atoms with Crippen molar-refractivity contribution in [3.63, 3.8) is 0 Å². The largest absolute Gasteiger partial charge is 0.449 e. The highest BCUT2D eigenvalue weighted by molar-refractivity contribution is 6.20. The first-order valence-corrected chi connectivity index (χ1v) is 9.08. The lowest BCUT2D eigenvalue weighted by Gasteiger charge is -2.15. The summed E-state index contributed by atoms with van der Waals surface area (Å²) in [4.78, 5) is 37.4. The maximum Gasteiger partial charge on any atom is 0.338 e. The summed E-state index contributed by atoms with van der Waals surface area (Å²) < 4.78 is 11.0. The Hall–Kier alpha value is -3.81. The molecule has 0 N–H and O–H groups in total. The Kier molecular flexibility index (Phi) is 4.90. The second kappa shape index (κ2) is 7.67. The van der Waals surface area contributed by atoms with Gasteiger partial charge in [0, 0.05) is 18.4 Å². The third-order valence-electron chi connectivity index (χ3n) is 4.48. The van der Waals surface area contributed by atoms with Gasteiger partial charge in [-0.3, -0.25) is 14.5 Å². The molecule has 1 atom stereocenters. The molecule has 0 bridgehead atoms. The average Bonchev–Trinajstić information content (AvgIpc) is 3.36. The summed E-state index contributed by atoms with van der Waals surface area (Å²) in [7, 11) is 0. The van der Waals surface area contributed by atoms with Crippen molar-refractivity contribution in [1.82, 2.24) is 10.2 Å². The summed E-state index contributed by atoms with van der Waals surface area (Å²) >= 11 is 0. The van der Waals surface area contributed by atoms with Crippen LogP contribution in [0, 0.1) is 0 Å². The van der Waals surface area contributed by atoms with E-state index in [1.165, 1.54) is 6.07 Å². The van der Waals surface area contributed by atoms with Gasteiger partial charge in [-0.05, 0) is 37.3 Å². The highest BCUT2D eigenvalue weighted by atomic mass is 16.6. The fourth-order valence-electron chi connectivity index (χ4n) is 3.01. The van der Waals surface area contributed by atoms with Crippen LogP contribution in [0.5, 0.6) is 0 Å². The molecular weight excluding hydrogens is 374 g/mol. The Bertz CT molecular complexity index is 1060. The van der Waals surface area contributed by atoms with Crippen molar-refractivity contribution in [2.24, 2.45) is 0 Å². The van der Waals surface area contributed by atoms with Crippen LogP contribution in [-0.2, 0) is 14.3 Å². The van der Waals surface area contributed by atoms with E-state index in [2.05, 4.69) is 10.2 Å². The monoisotopic (exact) mass is 391 g/mol. The van der Waals surface area contributed by atoms with Crippen LogP contribution < -0.4 is 4.90 Å². The zero-order chi connectivity index (χ0) is 20.4. The van der Waals surface area contributed by atoms with Crippen LogP contribution in [0.4, 0.5) is 5.69 Å². The quantitative estimate of drug-likeness (QED) is 0.485. The molecule has 29 heavy (non-hydrogen) atoms. The summed E-state index contributed by atoms with van der Waals surface area (Å²) in [6.07, 6.45) is -0.428. The van der Waals surface area contributed by atoms with Gasteiger partial charge in [0.25, 0.3) is 5.89 Å². The van der Waals surface area contributed by atoms with Crippen molar-refractivity contribution in [1.29, 1.82) is 0 Å². The number of esters is 1. The number of carbonyl (C=O) groups excluding carboxylic acids is 3. The Morgan fingerprint density at radius 1 is 1.03 bits per heavy atom. The number of rotatable bonds is 5. The third kappa shape index (κ3) is 3.77. The van der Waals surface area contributed by atoms with Gasteiger partial charge in [-0.15, -0.1) is 10.2 Å². The second-order valence-electron chi connectivity index (χ2n) is 6.53. The highest BCUT2D eigenvalue weighted by Gasteiger charge is 2.30. The molecule has 0 unspecified atom stereocenters. The average molecular weight is 391 g/mol. The van der Waals surface area contributed by atoms with Crippen molar-refractivity contribution in [3.8, 4) is 11.5 Å². The van der Waals surface area contributed by atoms with Crippen molar-refractivity contribution in [2.75, 3.05) is 4.90 Å². The van der Waals surface area contributed by atoms with Crippen LogP contribution in [0.2, 0.25) is 0 Å². The summed E-state index contributed by atoms with van der Waals surface area (Å²) in [6.45, 7) is 1.62. The van der Waals surface area contributed by atoms with Crippen molar-refractivity contribution >= 4 is 23.5 Å². The minimum Gasteiger partial charge on any atom is -0.449 e. The number of benzene rings is 2. The second-order valence-corrected chi connectivity index (χ2v) is 6.53. The van der Waals surface area contributed by atoms with E-state index in [1.54, 1.807) is 25.1 Å². The maximum absolute atomic E-state index is 12.5. The molecule has 0 saturated carbocycles. The molecule has 3 aromatic rings. The first kappa shape index (κ1) is 18.5. The number of hydrogen-bond acceptors (Lipinski definition) is 7. The van der Waals surface area contributed by atoms with Crippen LogP contribution in [0.15, 0.2) is 59.0 Å². The molecule has 2 aromatic carbocycles. The fraction of sp³-hybridized carbons (Fsp3) is 0.190. The molecule has 1 aliphatic rings. The van der Waals surface area contributed by atoms with Crippen LogP contribution in [0.25, 0.3) is 11.5 Å². The summed E-state index contributed by atoms with van der Waals surface area (Å²) in [5.41, 5.74) is 1.32. The van der Waals surface area contributed by atoms with Gasteiger partial charge < -0.3 is 9.15 Å². The van der Waals surface area contributed by atoms with E-state index in [1.807, 2.05) is 30.3 Å². The topological polar surface area (TPSA) is 103 Å². The molecule has 8 nitrogen and oxygen atoms in total. The van der Waals surface area contributed by atoms with Crippen LogP contribution in [-0.4, -0.2) is 28.0 Å². The van der Waals surface area contributed by atoms with Gasteiger partial charge in [0.15, 0.2) is 6.10 Å². The lowest BCUT2D eigenvalue weighted by Crippen LogP contribution is -2.28. The van der Waals surface area contributed by atoms with Gasteiger partial charge >= 0.3 is 5.97 Å². The standard InChI is InChI=1S/C21H17N3O5/c1-13(19-22-23-20(29-19)14-6-3-2-4-7-14)28-21(27)15-8-5-9-16(12-15)24-17(25)10-11-18(24)26/h2-9,12-13H,10-11H2,1H3/t13-/m1/s1. The molecule has 146 valence electrons. The minimum atomic E-state index is -0.772. The smallest absolute Gasteiger partial charge is 0.338 e. The van der Waals surface area contributed by atoms with E-state index >= 15 is 0 Å². The Morgan fingerprint density at radius 2 is 1.76 bits per heavy atom. The minimum absolute atomic E-state index is 0.165. The normalized spacial score (nSPS) is 14.9. The highest BCUT2D eigenvalue weighted by Crippen LogP contribution is 2.26. The molecule has 1 saturated heterocycles. The van der Waals surface area contributed by atoms with Crippen LogP contribution in [0.1, 0.15) is 42.1 Å². The number of aromatic nitrogens is 2. The first-order valence-electron chi connectivity index (χ1n) is 9.08. The van der Waals surface area contributed by atoms with Crippen molar-refractivity contribution in [2.45, 2.75) is 25.9 Å². The molecule has 8 heteroatoms. The zero-order valence-electron chi connectivity index (χ0n) is 15.6. The number of anilines is 1. The zero-order valence-corrected chi connectivity index (χ0v) is 15.6. The number of nitrogens with zero attached hydrogens (tertiary/aromatic N) is 3. The fourth-order valence-corrected chi connectivity index (χ4v) is 3.01. The number of carbonyl (C=O) groups is 3. The summed E-state index contributed by atoms with van der Waals surface area (Å²) in [5, 5.41) is 7.93. The van der Waals surface area contributed by atoms with Gasteiger partial charge in [0.05, 0.1) is 11.3 Å². The molecule has 0 radical (unpaired) electrons. The molecule has 1 aliphatic heterocycles. The predicted octanol–water partition coefficient (Wildman–Crippen LogP) is 3.31. The molecular formula is C21H17N3O5. The van der Waals surface area contributed by atoms with E-state index in [9.17, 15) is 14.4 Å². The van der Waals surface area contributed by atoms with Gasteiger partial charge in [-0.25, -0.2) is 4.79 Å². The Balaban J connectivity index is 1.48. The van der Waals surface area contributed by atoms with E-state index in [0.717, 1.165) is 10.5 Å². The van der Waals surface area contributed by atoms with E-state index in [0.29, 0.717) is 11.6 Å². The lowest BCUT2D eigenvalue weighted by atomic mass is 10.2. The third-order valence-corrected chi connectivity index (χ3v) is 4.48. The Labute approximate surface area is 166 Å². The molecule has 0 spiro atoms. The molecule has 2 amide bonds. The number of amides is 2. The van der Waals surface area contributed by atoms with E-state index < -0.39 is 12.1 Å². The Morgan fingerprint density at radius 3 is 2.48 bits per heavy atom. The molecule has 0 aliphatic carbocycles. The van der Waals surface area contributed by atoms with Gasteiger partial charge in [-0.1, -0.05) is 24.3 Å². The SMILES string of the molecule is C[C@@H](OC(=O)c1cccc(N2C(=O)CCC2=O)c1)c1nnc(-c2ccccc2)o1. The van der Waals surface area contributed by atoms with E-state index in [-0.39, 0.29) is 36.1 Å². The molecule has 1 aromatic heterocycles. The number of ether oxygens (including phenoxy) is 1.